The van der Waals surface area contributed by atoms with Gasteiger partial charge in [-0.1, -0.05) is 22.0 Å². The topological polar surface area (TPSA) is 38.0 Å². The zero-order valence-corrected chi connectivity index (χ0v) is 10.9. The molecular weight excluding hydrogens is 302 g/mol. The van der Waals surface area contributed by atoms with Gasteiger partial charge in [-0.15, -0.1) is 0 Å². The molecule has 0 spiro atoms. The summed E-state index contributed by atoms with van der Waals surface area (Å²) in [6.07, 6.45) is -2.57. The van der Waals surface area contributed by atoms with Gasteiger partial charge >= 0.3 is 0 Å². The van der Waals surface area contributed by atoms with Gasteiger partial charge in [-0.05, 0) is 36.4 Å². The summed E-state index contributed by atoms with van der Waals surface area (Å²) in [6.45, 7) is 0. The highest BCUT2D eigenvalue weighted by molar-refractivity contribution is 9.10. The fourth-order valence-electron chi connectivity index (χ4n) is 1.60. The second-order valence-electron chi connectivity index (χ2n) is 3.78. The van der Waals surface area contributed by atoms with Crippen molar-refractivity contribution in [2.75, 3.05) is 11.1 Å². The fraction of sp³-hybridized carbons (Fsp3) is 0.0769. The van der Waals surface area contributed by atoms with Crippen LogP contribution in [0.15, 0.2) is 46.9 Å². The predicted molar refractivity (Wildman–Crippen MR) is 73.2 cm³/mol. The highest BCUT2D eigenvalue weighted by Crippen LogP contribution is 2.31. The van der Waals surface area contributed by atoms with E-state index in [1.807, 2.05) is 18.2 Å². The van der Waals surface area contributed by atoms with Crippen LogP contribution in [0, 0.1) is 0 Å². The van der Waals surface area contributed by atoms with Gasteiger partial charge in [0.05, 0.1) is 0 Å². The Bertz CT molecular complexity index is 558. The molecule has 94 valence electrons. The molecule has 0 aromatic heterocycles. The van der Waals surface area contributed by atoms with Gasteiger partial charge in [0.1, 0.15) is 0 Å². The summed E-state index contributed by atoms with van der Waals surface area (Å²) in [4.78, 5) is 0. The number of anilines is 3. The smallest absolute Gasteiger partial charge is 0.265 e. The molecule has 0 saturated heterocycles. The minimum Gasteiger partial charge on any atom is -0.399 e. The van der Waals surface area contributed by atoms with Gasteiger partial charge < -0.3 is 11.1 Å². The fourth-order valence-corrected chi connectivity index (χ4v) is 2.00. The second-order valence-corrected chi connectivity index (χ2v) is 4.70. The van der Waals surface area contributed by atoms with E-state index in [-0.39, 0.29) is 5.56 Å². The molecule has 0 atom stereocenters. The number of rotatable bonds is 3. The summed E-state index contributed by atoms with van der Waals surface area (Å²) in [5, 5.41) is 2.96. The standard InChI is InChI=1S/C13H11BrF2N2/c14-8-2-1-3-10(6-8)18-12-5-4-9(17)7-11(12)13(15)16/h1-7,13,18H,17H2. The lowest BCUT2D eigenvalue weighted by molar-refractivity contribution is 0.152. The van der Waals surface area contributed by atoms with Crippen LogP contribution in [0.1, 0.15) is 12.0 Å². The van der Waals surface area contributed by atoms with Gasteiger partial charge in [0.25, 0.3) is 6.43 Å². The normalized spacial score (nSPS) is 10.7. The predicted octanol–water partition coefficient (Wildman–Crippen LogP) is 4.71. The van der Waals surface area contributed by atoms with Crippen molar-refractivity contribution in [1.29, 1.82) is 0 Å². The first-order valence-electron chi connectivity index (χ1n) is 5.26. The molecule has 2 rings (SSSR count). The molecule has 0 amide bonds. The number of hydrogen-bond acceptors (Lipinski definition) is 2. The molecule has 0 radical (unpaired) electrons. The van der Waals surface area contributed by atoms with E-state index in [1.165, 1.54) is 6.07 Å². The number of benzene rings is 2. The zero-order valence-electron chi connectivity index (χ0n) is 9.33. The molecule has 0 heterocycles. The molecule has 0 bridgehead atoms. The Labute approximate surface area is 112 Å². The van der Waals surface area contributed by atoms with Crippen LogP contribution < -0.4 is 11.1 Å². The van der Waals surface area contributed by atoms with E-state index in [1.54, 1.807) is 18.2 Å². The summed E-state index contributed by atoms with van der Waals surface area (Å²) in [5.74, 6) is 0. The van der Waals surface area contributed by atoms with Crippen LogP contribution >= 0.6 is 15.9 Å². The second kappa shape index (κ2) is 5.35. The van der Waals surface area contributed by atoms with E-state index in [2.05, 4.69) is 21.2 Å². The van der Waals surface area contributed by atoms with Crippen LogP contribution in [0.25, 0.3) is 0 Å². The highest BCUT2D eigenvalue weighted by atomic mass is 79.9. The number of nitrogen functional groups attached to an aromatic ring is 1. The maximum atomic E-state index is 12.9. The number of alkyl halides is 2. The van der Waals surface area contributed by atoms with Crippen molar-refractivity contribution in [3.8, 4) is 0 Å². The molecule has 0 aliphatic carbocycles. The molecule has 0 fully saturated rings. The van der Waals surface area contributed by atoms with Crippen LogP contribution in [-0.4, -0.2) is 0 Å². The van der Waals surface area contributed by atoms with Crippen LogP contribution in [0.5, 0.6) is 0 Å². The Balaban J connectivity index is 2.34. The first kappa shape index (κ1) is 12.8. The van der Waals surface area contributed by atoms with Crippen molar-refractivity contribution < 1.29 is 8.78 Å². The average Bonchev–Trinajstić information content (AvgIpc) is 2.31. The summed E-state index contributed by atoms with van der Waals surface area (Å²) in [6, 6.07) is 11.7. The zero-order chi connectivity index (χ0) is 13.1. The molecule has 0 aliphatic heterocycles. The number of halogens is 3. The highest BCUT2D eigenvalue weighted by Gasteiger charge is 2.13. The Morgan fingerprint density at radius 3 is 2.56 bits per heavy atom. The minimum absolute atomic E-state index is 0.102. The maximum absolute atomic E-state index is 12.9. The lowest BCUT2D eigenvalue weighted by Gasteiger charge is -2.12. The van der Waals surface area contributed by atoms with Crippen molar-refractivity contribution >= 4 is 33.0 Å². The van der Waals surface area contributed by atoms with Gasteiger partial charge in [0.15, 0.2) is 0 Å². The molecule has 5 heteroatoms. The van der Waals surface area contributed by atoms with Crippen molar-refractivity contribution in [2.24, 2.45) is 0 Å². The van der Waals surface area contributed by atoms with Crippen molar-refractivity contribution in [3.63, 3.8) is 0 Å². The largest absolute Gasteiger partial charge is 0.399 e. The van der Waals surface area contributed by atoms with Crippen LogP contribution in [0.4, 0.5) is 25.8 Å². The quantitative estimate of drug-likeness (QED) is 0.805. The summed E-state index contributed by atoms with van der Waals surface area (Å²) in [7, 11) is 0. The van der Waals surface area contributed by atoms with Crippen LogP contribution in [-0.2, 0) is 0 Å². The third-order valence-corrected chi connectivity index (χ3v) is 2.91. The van der Waals surface area contributed by atoms with E-state index in [0.29, 0.717) is 11.4 Å². The van der Waals surface area contributed by atoms with Gasteiger partial charge in [-0.3, -0.25) is 0 Å². The lowest BCUT2D eigenvalue weighted by Crippen LogP contribution is -1.98. The Morgan fingerprint density at radius 1 is 1.11 bits per heavy atom. The van der Waals surface area contributed by atoms with E-state index in [9.17, 15) is 8.78 Å². The van der Waals surface area contributed by atoms with Gasteiger partial charge in [-0.25, -0.2) is 8.78 Å². The summed E-state index contributed by atoms with van der Waals surface area (Å²) in [5.41, 5.74) is 6.83. The lowest BCUT2D eigenvalue weighted by atomic mass is 10.1. The van der Waals surface area contributed by atoms with Gasteiger partial charge in [0, 0.05) is 27.1 Å². The molecule has 18 heavy (non-hydrogen) atoms. The monoisotopic (exact) mass is 312 g/mol. The summed E-state index contributed by atoms with van der Waals surface area (Å²) >= 11 is 3.33. The summed E-state index contributed by atoms with van der Waals surface area (Å²) < 4.78 is 26.6. The Kier molecular flexibility index (Phi) is 3.81. The van der Waals surface area contributed by atoms with Crippen LogP contribution in [0.2, 0.25) is 0 Å². The molecule has 2 aromatic rings. The Morgan fingerprint density at radius 2 is 1.89 bits per heavy atom. The van der Waals surface area contributed by atoms with E-state index in [0.717, 1.165) is 10.2 Å². The molecule has 2 aromatic carbocycles. The average molecular weight is 313 g/mol. The molecule has 0 saturated carbocycles. The molecule has 0 unspecified atom stereocenters. The van der Waals surface area contributed by atoms with E-state index >= 15 is 0 Å². The number of nitrogens with two attached hydrogens (primary N) is 1. The van der Waals surface area contributed by atoms with Crippen molar-refractivity contribution in [1.82, 2.24) is 0 Å². The third kappa shape index (κ3) is 2.98. The number of hydrogen-bond donors (Lipinski definition) is 2. The van der Waals surface area contributed by atoms with E-state index < -0.39 is 6.43 Å². The number of nitrogens with one attached hydrogen (secondary N) is 1. The first-order chi connectivity index (χ1) is 8.56. The molecule has 3 N–H and O–H groups in total. The van der Waals surface area contributed by atoms with Crippen LogP contribution in [0.3, 0.4) is 0 Å². The molecule has 0 aliphatic rings. The van der Waals surface area contributed by atoms with Crippen molar-refractivity contribution in [2.45, 2.75) is 6.43 Å². The molecular formula is C13H11BrF2N2. The third-order valence-electron chi connectivity index (χ3n) is 2.41. The SMILES string of the molecule is Nc1ccc(Nc2cccc(Br)c2)c(C(F)F)c1. The van der Waals surface area contributed by atoms with Gasteiger partial charge in [-0.2, -0.15) is 0 Å². The van der Waals surface area contributed by atoms with Crippen molar-refractivity contribution in [3.05, 3.63) is 52.5 Å². The maximum Gasteiger partial charge on any atom is 0.265 e. The Hall–Kier alpha value is -1.62. The van der Waals surface area contributed by atoms with E-state index in [4.69, 9.17) is 5.73 Å². The minimum atomic E-state index is -2.57. The van der Waals surface area contributed by atoms with Gasteiger partial charge in [0.2, 0.25) is 0 Å². The molecule has 2 nitrogen and oxygen atoms in total. The first-order valence-corrected chi connectivity index (χ1v) is 6.06.